The summed E-state index contributed by atoms with van der Waals surface area (Å²) >= 11 is 0. The molecule has 0 spiro atoms. The van der Waals surface area contributed by atoms with E-state index in [1.165, 1.54) is 101 Å². The van der Waals surface area contributed by atoms with Crippen LogP contribution in [0.25, 0.3) is 0 Å². The molecule has 0 aromatic carbocycles. The van der Waals surface area contributed by atoms with Gasteiger partial charge in [-0.15, -0.1) is 0 Å². The first kappa shape index (κ1) is 23.5. The fourth-order valence-corrected chi connectivity index (χ4v) is 7.06. The average Bonchev–Trinajstić information content (AvgIpc) is 3.21. The van der Waals surface area contributed by atoms with Gasteiger partial charge in [-0.25, -0.2) is 10.4 Å². The molecule has 4 aliphatic rings. The van der Waals surface area contributed by atoms with Gasteiger partial charge in [0.1, 0.15) is 6.04 Å². The van der Waals surface area contributed by atoms with E-state index in [1.54, 1.807) is 0 Å². The molecule has 0 aromatic heterocycles. The molecule has 0 bridgehead atoms. The molecule has 178 valence electrons. The van der Waals surface area contributed by atoms with Crippen molar-refractivity contribution in [3.63, 3.8) is 0 Å². The summed E-state index contributed by atoms with van der Waals surface area (Å²) < 4.78 is 1.23. The third-order valence-corrected chi connectivity index (χ3v) is 8.92. The van der Waals surface area contributed by atoms with Gasteiger partial charge in [-0.3, -0.25) is 4.79 Å². The molecule has 2 heterocycles. The minimum Gasteiger partial charge on any atom is -0.352 e. The summed E-state index contributed by atoms with van der Waals surface area (Å²) in [6.07, 6.45) is 19.5. The first-order chi connectivity index (χ1) is 15.1. The van der Waals surface area contributed by atoms with Crippen molar-refractivity contribution in [3.8, 4) is 0 Å². The van der Waals surface area contributed by atoms with Gasteiger partial charge in [0.15, 0.2) is 0 Å². The third kappa shape index (κ3) is 6.23. The van der Waals surface area contributed by atoms with E-state index in [1.807, 2.05) is 0 Å². The zero-order valence-electron chi connectivity index (χ0n) is 20.4. The molecule has 2 unspecified atom stereocenters. The summed E-state index contributed by atoms with van der Waals surface area (Å²) in [5.74, 6) is 1.20. The zero-order chi connectivity index (χ0) is 21.7. The van der Waals surface area contributed by atoms with Gasteiger partial charge in [0.25, 0.3) is 0 Å². The summed E-state index contributed by atoms with van der Waals surface area (Å²) in [5, 5.41) is 5.96. The first-order valence-electron chi connectivity index (χ1n) is 13.7. The molecule has 5 nitrogen and oxygen atoms in total. The van der Waals surface area contributed by atoms with Crippen LogP contribution in [-0.2, 0) is 4.79 Å². The van der Waals surface area contributed by atoms with Gasteiger partial charge >= 0.3 is 0 Å². The van der Waals surface area contributed by atoms with E-state index in [2.05, 4.69) is 29.7 Å². The van der Waals surface area contributed by atoms with Crippen LogP contribution in [-0.4, -0.2) is 66.2 Å². The largest absolute Gasteiger partial charge is 0.352 e. The minimum absolute atomic E-state index is 0.0245. The number of hydrazine groups is 1. The number of nitrogens with zero attached hydrogens (tertiary/aromatic N) is 2. The first-order valence-corrected chi connectivity index (χ1v) is 13.7. The molecule has 0 aromatic rings. The van der Waals surface area contributed by atoms with E-state index in [-0.39, 0.29) is 11.9 Å². The van der Waals surface area contributed by atoms with Crippen LogP contribution in [0.5, 0.6) is 0 Å². The van der Waals surface area contributed by atoms with E-state index in [0.29, 0.717) is 18.1 Å². The summed E-state index contributed by atoms with van der Waals surface area (Å²) in [5.41, 5.74) is 3.67. The number of nitrogens with one attached hydrogen (secondary N) is 2. The Balaban J connectivity index is 1.24. The summed E-state index contributed by atoms with van der Waals surface area (Å²) in [4.78, 5) is 13.2. The van der Waals surface area contributed by atoms with Crippen LogP contribution in [0.1, 0.15) is 103 Å². The number of piperidine rings is 1. The van der Waals surface area contributed by atoms with Gasteiger partial charge in [0.05, 0.1) is 26.7 Å². The molecule has 2 N–H and O–H groups in total. The lowest BCUT2D eigenvalue weighted by atomic mass is 9.87. The molecule has 5 heteroatoms. The van der Waals surface area contributed by atoms with Gasteiger partial charge in [-0.05, 0) is 38.5 Å². The third-order valence-electron chi connectivity index (χ3n) is 8.92. The van der Waals surface area contributed by atoms with Crippen molar-refractivity contribution in [2.24, 2.45) is 5.92 Å². The standard InChI is InChI=1S/C26H48N4O/c1-3-10-24-19-25(28-29(24)23-13-8-5-9-14-23)26(31)27-22-15-17-30(2,18-16-22)20-21-11-6-4-7-12-21/h21-25,28H,3-20H2,1-2H3/p+1. The Bertz CT molecular complexity index is 562. The highest BCUT2D eigenvalue weighted by atomic mass is 16.2. The number of rotatable bonds is 7. The zero-order valence-corrected chi connectivity index (χ0v) is 20.4. The average molecular weight is 434 g/mol. The monoisotopic (exact) mass is 433 g/mol. The highest BCUT2D eigenvalue weighted by Gasteiger charge is 2.40. The van der Waals surface area contributed by atoms with E-state index in [0.717, 1.165) is 25.2 Å². The lowest BCUT2D eigenvalue weighted by Crippen LogP contribution is -2.57. The Labute approximate surface area is 191 Å². The number of carbonyl (C=O) groups excluding carboxylic acids is 1. The number of hydrogen-bond acceptors (Lipinski definition) is 3. The maximum atomic E-state index is 13.2. The second kappa shape index (κ2) is 11.0. The normalized spacial score (nSPS) is 36.5. The minimum atomic E-state index is -0.0245. The van der Waals surface area contributed by atoms with E-state index >= 15 is 0 Å². The maximum Gasteiger partial charge on any atom is 0.238 e. The predicted octanol–water partition coefficient (Wildman–Crippen LogP) is 4.37. The summed E-state index contributed by atoms with van der Waals surface area (Å²) in [7, 11) is 2.46. The van der Waals surface area contributed by atoms with Gasteiger partial charge in [0.2, 0.25) is 5.91 Å². The molecule has 31 heavy (non-hydrogen) atoms. The Hall–Kier alpha value is -0.650. The van der Waals surface area contributed by atoms with Crippen molar-refractivity contribution >= 4 is 5.91 Å². The smallest absolute Gasteiger partial charge is 0.238 e. The highest BCUT2D eigenvalue weighted by molar-refractivity contribution is 5.82. The van der Waals surface area contributed by atoms with E-state index in [9.17, 15) is 4.79 Å². The van der Waals surface area contributed by atoms with E-state index < -0.39 is 0 Å². The van der Waals surface area contributed by atoms with Crippen LogP contribution in [0.15, 0.2) is 0 Å². The Kier molecular flexibility index (Phi) is 8.33. The van der Waals surface area contributed by atoms with Crippen molar-refractivity contribution in [1.29, 1.82) is 0 Å². The van der Waals surface area contributed by atoms with Crippen LogP contribution in [0.2, 0.25) is 0 Å². The van der Waals surface area contributed by atoms with Crippen LogP contribution in [0.4, 0.5) is 0 Å². The second-order valence-corrected chi connectivity index (χ2v) is 11.6. The molecule has 2 aliphatic heterocycles. The summed E-state index contributed by atoms with van der Waals surface area (Å²) in [6, 6.07) is 1.52. The van der Waals surface area contributed by atoms with Crippen LogP contribution >= 0.6 is 0 Å². The van der Waals surface area contributed by atoms with Crippen molar-refractivity contribution < 1.29 is 9.28 Å². The fourth-order valence-electron chi connectivity index (χ4n) is 7.06. The molecule has 4 rings (SSSR count). The molecule has 1 amide bonds. The lowest BCUT2D eigenvalue weighted by Gasteiger charge is -2.43. The van der Waals surface area contributed by atoms with Crippen molar-refractivity contribution in [1.82, 2.24) is 15.8 Å². The van der Waals surface area contributed by atoms with Crippen molar-refractivity contribution in [2.45, 2.75) is 127 Å². The number of hydrogen-bond donors (Lipinski definition) is 2. The van der Waals surface area contributed by atoms with Gasteiger partial charge < -0.3 is 9.80 Å². The molecule has 4 fully saturated rings. The Morgan fingerprint density at radius 2 is 1.61 bits per heavy atom. The van der Waals surface area contributed by atoms with Crippen LogP contribution in [0.3, 0.4) is 0 Å². The number of carbonyl (C=O) groups is 1. The van der Waals surface area contributed by atoms with Crippen LogP contribution < -0.4 is 10.7 Å². The van der Waals surface area contributed by atoms with Gasteiger partial charge in [-0.1, -0.05) is 51.9 Å². The van der Waals surface area contributed by atoms with Gasteiger partial charge in [0, 0.05) is 36.9 Å². The lowest BCUT2D eigenvalue weighted by molar-refractivity contribution is -0.917. The SMILES string of the molecule is CCCC1CC(C(=O)NC2CC[N+](C)(CC3CCCCC3)CC2)NN1C1CCCCC1. The molecule has 2 aliphatic carbocycles. The van der Waals surface area contributed by atoms with E-state index in [4.69, 9.17) is 0 Å². The van der Waals surface area contributed by atoms with Crippen LogP contribution in [0, 0.1) is 5.92 Å². The number of likely N-dealkylation sites (tertiary alicyclic amines) is 1. The van der Waals surface area contributed by atoms with Crippen molar-refractivity contribution in [2.75, 3.05) is 26.7 Å². The second-order valence-electron chi connectivity index (χ2n) is 11.6. The predicted molar refractivity (Wildman–Crippen MR) is 127 cm³/mol. The number of amides is 1. The Morgan fingerprint density at radius 1 is 0.968 bits per heavy atom. The number of quaternary nitrogens is 1. The Morgan fingerprint density at radius 3 is 2.26 bits per heavy atom. The fraction of sp³-hybridized carbons (Fsp3) is 0.962. The molecule has 2 saturated heterocycles. The molecule has 2 saturated carbocycles. The van der Waals surface area contributed by atoms with Crippen molar-refractivity contribution in [3.05, 3.63) is 0 Å². The molecule has 2 atom stereocenters. The topological polar surface area (TPSA) is 44.4 Å². The molecular weight excluding hydrogens is 384 g/mol. The van der Waals surface area contributed by atoms with Gasteiger partial charge in [-0.2, -0.15) is 0 Å². The highest BCUT2D eigenvalue weighted by Crippen LogP contribution is 2.30. The molecule has 0 radical (unpaired) electrons. The summed E-state index contributed by atoms with van der Waals surface area (Å²) in [6.45, 7) is 6.09. The maximum absolute atomic E-state index is 13.2. The molecular formula is C26H49N4O+. The quantitative estimate of drug-likeness (QED) is 0.586.